The Hall–Kier alpha value is -1.75. The molecule has 0 atom stereocenters. The smallest absolute Gasteiger partial charge is 0.165 e. The minimum absolute atomic E-state index is 0.628. The Morgan fingerprint density at radius 1 is 1.22 bits per heavy atom. The summed E-state index contributed by atoms with van der Waals surface area (Å²) in [6, 6.07) is 10.2. The fourth-order valence-corrected chi connectivity index (χ4v) is 1.70. The van der Waals surface area contributed by atoms with Crippen LogP contribution in [0.3, 0.4) is 0 Å². The van der Waals surface area contributed by atoms with Crippen LogP contribution >= 0.6 is 0 Å². The summed E-state index contributed by atoms with van der Waals surface area (Å²) in [6.07, 6.45) is 0. The Balaban J connectivity index is 1.95. The fourth-order valence-electron chi connectivity index (χ4n) is 1.70. The molecule has 0 aliphatic rings. The van der Waals surface area contributed by atoms with Crippen molar-refractivity contribution in [3.63, 3.8) is 0 Å². The number of rotatable bonds is 6. The van der Waals surface area contributed by atoms with E-state index in [9.17, 15) is 0 Å². The molecule has 0 saturated carbocycles. The zero-order valence-electron chi connectivity index (χ0n) is 10.9. The second kappa shape index (κ2) is 6.26. The summed E-state index contributed by atoms with van der Waals surface area (Å²) in [5, 5.41) is 15.2. The van der Waals surface area contributed by atoms with Crippen molar-refractivity contribution in [1.82, 2.24) is 25.5 Å². The van der Waals surface area contributed by atoms with Gasteiger partial charge in [0.05, 0.1) is 13.1 Å². The predicted octanol–water partition coefficient (Wildman–Crippen LogP) is 1.47. The molecule has 0 radical (unpaired) electrons. The van der Waals surface area contributed by atoms with Gasteiger partial charge in [-0.25, -0.2) is 4.68 Å². The van der Waals surface area contributed by atoms with E-state index in [1.807, 2.05) is 22.9 Å². The third kappa shape index (κ3) is 3.63. The van der Waals surface area contributed by atoms with E-state index in [2.05, 4.69) is 46.8 Å². The van der Waals surface area contributed by atoms with Crippen molar-refractivity contribution in [2.75, 3.05) is 6.54 Å². The number of aromatic nitrogens is 4. The lowest BCUT2D eigenvalue weighted by molar-refractivity contribution is 0.523. The van der Waals surface area contributed by atoms with E-state index in [0.29, 0.717) is 19.0 Å². The lowest BCUT2D eigenvalue weighted by Gasteiger charge is -2.07. The van der Waals surface area contributed by atoms with Crippen LogP contribution in [0.4, 0.5) is 0 Å². The summed E-state index contributed by atoms with van der Waals surface area (Å²) in [5.41, 5.74) is 1.20. The maximum atomic E-state index is 4.05. The van der Waals surface area contributed by atoms with Crippen LogP contribution in [0.1, 0.15) is 25.2 Å². The average molecular weight is 245 g/mol. The van der Waals surface area contributed by atoms with Gasteiger partial charge in [-0.3, -0.25) is 0 Å². The first-order chi connectivity index (χ1) is 8.75. The molecule has 5 heteroatoms. The van der Waals surface area contributed by atoms with Gasteiger partial charge in [-0.1, -0.05) is 44.2 Å². The molecule has 0 fully saturated rings. The summed E-state index contributed by atoms with van der Waals surface area (Å²) in [5.74, 6) is 1.50. The van der Waals surface area contributed by atoms with Gasteiger partial charge in [0.15, 0.2) is 5.82 Å². The van der Waals surface area contributed by atoms with Crippen LogP contribution in [0.5, 0.6) is 0 Å². The molecule has 1 N–H and O–H groups in total. The van der Waals surface area contributed by atoms with Crippen molar-refractivity contribution >= 4 is 0 Å². The standard InChI is InChI=1S/C13H19N5/c1-11(2)8-14-9-13-15-16-17-18(13)10-12-6-4-3-5-7-12/h3-7,11,14H,8-10H2,1-2H3. The number of nitrogens with zero attached hydrogens (tertiary/aromatic N) is 4. The zero-order valence-corrected chi connectivity index (χ0v) is 10.9. The largest absolute Gasteiger partial charge is 0.310 e. The van der Waals surface area contributed by atoms with Gasteiger partial charge in [-0.2, -0.15) is 0 Å². The number of tetrazole rings is 1. The van der Waals surface area contributed by atoms with E-state index in [1.54, 1.807) is 0 Å². The van der Waals surface area contributed by atoms with Gasteiger partial charge < -0.3 is 5.32 Å². The van der Waals surface area contributed by atoms with E-state index < -0.39 is 0 Å². The van der Waals surface area contributed by atoms with Crippen LogP contribution in [0, 0.1) is 5.92 Å². The van der Waals surface area contributed by atoms with Crippen molar-refractivity contribution < 1.29 is 0 Å². The van der Waals surface area contributed by atoms with Gasteiger partial charge in [-0.05, 0) is 28.5 Å². The third-order valence-corrected chi connectivity index (χ3v) is 2.62. The second-order valence-corrected chi connectivity index (χ2v) is 4.76. The number of hydrogen-bond donors (Lipinski definition) is 1. The molecule has 0 aliphatic heterocycles. The Morgan fingerprint density at radius 3 is 2.72 bits per heavy atom. The number of hydrogen-bond acceptors (Lipinski definition) is 4. The molecule has 96 valence electrons. The van der Waals surface area contributed by atoms with E-state index in [-0.39, 0.29) is 0 Å². The molecule has 0 aliphatic carbocycles. The highest BCUT2D eigenvalue weighted by molar-refractivity contribution is 5.14. The maximum Gasteiger partial charge on any atom is 0.165 e. The van der Waals surface area contributed by atoms with E-state index in [4.69, 9.17) is 0 Å². The Labute approximate surface area is 107 Å². The van der Waals surface area contributed by atoms with Crippen molar-refractivity contribution in [2.24, 2.45) is 5.92 Å². The predicted molar refractivity (Wildman–Crippen MR) is 69.9 cm³/mol. The molecule has 1 heterocycles. The minimum atomic E-state index is 0.628. The molecule has 0 bridgehead atoms. The lowest BCUT2D eigenvalue weighted by Crippen LogP contribution is -2.22. The maximum absolute atomic E-state index is 4.05. The van der Waals surface area contributed by atoms with Crippen molar-refractivity contribution in [1.29, 1.82) is 0 Å². The molecule has 2 aromatic rings. The number of benzene rings is 1. The zero-order chi connectivity index (χ0) is 12.8. The monoisotopic (exact) mass is 245 g/mol. The van der Waals surface area contributed by atoms with Crippen LogP contribution in [0.2, 0.25) is 0 Å². The van der Waals surface area contributed by atoms with Gasteiger partial charge in [0.25, 0.3) is 0 Å². The van der Waals surface area contributed by atoms with Gasteiger partial charge in [0.1, 0.15) is 0 Å². The normalized spacial score (nSPS) is 11.1. The van der Waals surface area contributed by atoms with Crippen LogP contribution in [0.25, 0.3) is 0 Å². The Morgan fingerprint density at radius 2 is 2.00 bits per heavy atom. The van der Waals surface area contributed by atoms with Gasteiger partial charge in [-0.15, -0.1) is 5.10 Å². The average Bonchev–Trinajstić information content (AvgIpc) is 2.78. The molecule has 0 saturated heterocycles. The topological polar surface area (TPSA) is 55.6 Å². The first-order valence-electron chi connectivity index (χ1n) is 6.25. The van der Waals surface area contributed by atoms with Crippen LogP contribution in [-0.2, 0) is 13.1 Å². The van der Waals surface area contributed by atoms with Gasteiger partial charge >= 0.3 is 0 Å². The van der Waals surface area contributed by atoms with E-state index in [0.717, 1.165) is 12.4 Å². The molecule has 5 nitrogen and oxygen atoms in total. The summed E-state index contributed by atoms with van der Waals surface area (Å²) in [7, 11) is 0. The lowest BCUT2D eigenvalue weighted by atomic mass is 10.2. The third-order valence-electron chi connectivity index (χ3n) is 2.62. The van der Waals surface area contributed by atoms with Gasteiger partial charge in [0.2, 0.25) is 0 Å². The minimum Gasteiger partial charge on any atom is -0.310 e. The summed E-state index contributed by atoms with van der Waals surface area (Å²) in [6.45, 7) is 6.75. The molecule has 2 rings (SSSR count). The summed E-state index contributed by atoms with van der Waals surface area (Å²) >= 11 is 0. The molecule has 18 heavy (non-hydrogen) atoms. The molecule has 0 amide bonds. The highest BCUT2D eigenvalue weighted by Gasteiger charge is 2.06. The first-order valence-corrected chi connectivity index (χ1v) is 6.25. The van der Waals surface area contributed by atoms with Crippen molar-refractivity contribution in [3.8, 4) is 0 Å². The Kier molecular flexibility index (Phi) is 4.41. The molecular formula is C13H19N5. The summed E-state index contributed by atoms with van der Waals surface area (Å²) < 4.78 is 1.84. The summed E-state index contributed by atoms with van der Waals surface area (Å²) in [4.78, 5) is 0. The number of nitrogens with one attached hydrogen (secondary N) is 1. The SMILES string of the molecule is CC(C)CNCc1nnnn1Cc1ccccc1. The van der Waals surface area contributed by atoms with Crippen molar-refractivity contribution in [3.05, 3.63) is 41.7 Å². The highest BCUT2D eigenvalue weighted by atomic mass is 15.5. The van der Waals surface area contributed by atoms with Crippen LogP contribution < -0.4 is 5.32 Å². The van der Waals surface area contributed by atoms with Crippen LogP contribution in [0.15, 0.2) is 30.3 Å². The van der Waals surface area contributed by atoms with Crippen molar-refractivity contribution in [2.45, 2.75) is 26.9 Å². The molecule has 1 aromatic heterocycles. The highest BCUT2D eigenvalue weighted by Crippen LogP contribution is 2.02. The molecule has 1 aromatic carbocycles. The van der Waals surface area contributed by atoms with E-state index in [1.165, 1.54) is 5.56 Å². The van der Waals surface area contributed by atoms with E-state index >= 15 is 0 Å². The van der Waals surface area contributed by atoms with Crippen LogP contribution in [-0.4, -0.2) is 26.8 Å². The second-order valence-electron chi connectivity index (χ2n) is 4.76. The molecule has 0 unspecified atom stereocenters. The fraction of sp³-hybridized carbons (Fsp3) is 0.462. The first kappa shape index (κ1) is 12.7. The van der Waals surface area contributed by atoms with Gasteiger partial charge in [0, 0.05) is 0 Å². The Bertz CT molecular complexity index is 463. The quantitative estimate of drug-likeness (QED) is 0.837. The molecule has 0 spiro atoms. The molecular weight excluding hydrogens is 226 g/mol.